The molecule has 2 fully saturated rings. The predicted molar refractivity (Wildman–Crippen MR) is 86.0 cm³/mol. The summed E-state index contributed by atoms with van der Waals surface area (Å²) in [6, 6.07) is 0. The van der Waals surface area contributed by atoms with Crippen LogP contribution in [0, 0.1) is 5.92 Å². The fourth-order valence-corrected chi connectivity index (χ4v) is 2.94. The third-order valence-electron chi connectivity index (χ3n) is 4.80. The van der Waals surface area contributed by atoms with Crippen molar-refractivity contribution in [1.29, 1.82) is 0 Å². The van der Waals surface area contributed by atoms with Crippen molar-refractivity contribution in [1.82, 2.24) is 9.80 Å². The summed E-state index contributed by atoms with van der Waals surface area (Å²) < 4.78 is 0. The van der Waals surface area contributed by atoms with Crippen molar-refractivity contribution in [3.63, 3.8) is 0 Å². The molecule has 0 N–H and O–H groups in total. The lowest BCUT2D eigenvalue weighted by Gasteiger charge is -2.48. The number of rotatable bonds is 3. The van der Waals surface area contributed by atoms with Crippen molar-refractivity contribution in [2.24, 2.45) is 5.92 Å². The molecule has 2 heterocycles. The number of carbonyl (C=O) groups is 2. The highest BCUT2D eigenvalue weighted by molar-refractivity contribution is 5.77. The Morgan fingerprint density at radius 1 is 1.05 bits per heavy atom. The Morgan fingerprint density at radius 3 is 1.95 bits per heavy atom. The quantitative estimate of drug-likeness (QED) is 0.803. The van der Waals surface area contributed by atoms with Crippen LogP contribution in [0.5, 0.6) is 0 Å². The van der Waals surface area contributed by atoms with Gasteiger partial charge in [-0.3, -0.25) is 9.59 Å². The van der Waals surface area contributed by atoms with Crippen LogP contribution in [0.3, 0.4) is 0 Å². The van der Waals surface area contributed by atoms with E-state index in [1.165, 1.54) is 12.8 Å². The van der Waals surface area contributed by atoms with Gasteiger partial charge in [-0.05, 0) is 32.6 Å². The maximum atomic E-state index is 11.2. The number of carbonyl (C=O) groups excluding carboxylic acids is 2. The second-order valence-corrected chi connectivity index (χ2v) is 6.72. The lowest BCUT2D eigenvalue weighted by Crippen LogP contribution is -2.58. The number of hydrogen-bond donors (Lipinski definition) is 0. The molecule has 0 aliphatic carbocycles. The van der Waals surface area contributed by atoms with Gasteiger partial charge in [0.05, 0.1) is 0 Å². The Balaban J connectivity index is 0.000000211. The van der Waals surface area contributed by atoms with E-state index in [0.29, 0.717) is 18.7 Å². The van der Waals surface area contributed by atoms with Crippen molar-refractivity contribution in [3.05, 3.63) is 0 Å². The standard InChI is InChI=1S/C9H17NO.C8H15NO/c1-3-8-5-6-10(7-8)9(11)4-2;1-4-7(10)9-6-5-8(9,2)3/h8H,3-7H2,1-2H3;4-6H2,1-3H3. The maximum Gasteiger partial charge on any atom is 0.222 e. The van der Waals surface area contributed by atoms with Crippen LogP contribution in [0.2, 0.25) is 0 Å². The summed E-state index contributed by atoms with van der Waals surface area (Å²) in [5.41, 5.74) is 0.146. The fourth-order valence-electron chi connectivity index (χ4n) is 2.94. The second kappa shape index (κ2) is 7.81. The van der Waals surface area contributed by atoms with Crippen molar-refractivity contribution >= 4 is 11.8 Å². The molecule has 1 unspecified atom stereocenters. The molecule has 2 amide bonds. The van der Waals surface area contributed by atoms with E-state index in [-0.39, 0.29) is 11.4 Å². The van der Waals surface area contributed by atoms with Crippen LogP contribution in [-0.2, 0) is 9.59 Å². The smallest absolute Gasteiger partial charge is 0.222 e. The summed E-state index contributed by atoms with van der Waals surface area (Å²) in [5, 5.41) is 0. The van der Waals surface area contributed by atoms with E-state index < -0.39 is 0 Å². The van der Waals surface area contributed by atoms with Crippen LogP contribution in [0.1, 0.15) is 66.7 Å². The highest BCUT2D eigenvalue weighted by Crippen LogP contribution is 2.29. The number of nitrogens with zero attached hydrogens (tertiary/aromatic N) is 2. The van der Waals surface area contributed by atoms with Crippen LogP contribution < -0.4 is 0 Å². The zero-order chi connectivity index (χ0) is 16.0. The lowest BCUT2D eigenvalue weighted by atomic mass is 9.89. The number of likely N-dealkylation sites (tertiary alicyclic amines) is 2. The molecule has 21 heavy (non-hydrogen) atoms. The fraction of sp³-hybridized carbons (Fsp3) is 0.882. The summed E-state index contributed by atoms with van der Waals surface area (Å²) in [4.78, 5) is 26.3. The van der Waals surface area contributed by atoms with E-state index >= 15 is 0 Å². The molecule has 0 aromatic rings. The molecule has 2 aliphatic heterocycles. The summed E-state index contributed by atoms with van der Waals surface area (Å²) in [5.74, 6) is 1.38. The van der Waals surface area contributed by atoms with Gasteiger partial charge in [0.2, 0.25) is 11.8 Å². The molecule has 2 rings (SSSR count). The Morgan fingerprint density at radius 2 is 1.67 bits per heavy atom. The molecule has 0 aromatic heterocycles. The van der Waals surface area contributed by atoms with E-state index in [9.17, 15) is 9.59 Å². The van der Waals surface area contributed by atoms with E-state index in [1.807, 2.05) is 23.6 Å². The molecule has 1 atom stereocenters. The van der Waals surface area contributed by atoms with Crippen LogP contribution in [0.25, 0.3) is 0 Å². The zero-order valence-electron chi connectivity index (χ0n) is 14.4. The Hall–Kier alpha value is -1.06. The van der Waals surface area contributed by atoms with Gasteiger partial charge in [-0.15, -0.1) is 0 Å². The Bertz CT molecular complexity index is 366. The topological polar surface area (TPSA) is 40.6 Å². The largest absolute Gasteiger partial charge is 0.342 e. The van der Waals surface area contributed by atoms with Crippen LogP contribution in [-0.4, -0.2) is 46.8 Å². The number of hydrogen-bond acceptors (Lipinski definition) is 2. The van der Waals surface area contributed by atoms with E-state index in [4.69, 9.17) is 0 Å². The molecule has 4 nitrogen and oxygen atoms in total. The summed E-state index contributed by atoms with van der Waals surface area (Å²) in [7, 11) is 0. The van der Waals surface area contributed by atoms with Gasteiger partial charge in [0.25, 0.3) is 0 Å². The van der Waals surface area contributed by atoms with Gasteiger partial charge in [0, 0.05) is 38.0 Å². The highest BCUT2D eigenvalue weighted by Gasteiger charge is 2.38. The van der Waals surface area contributed by atoms with Gasteiger partial charge < -0.3 is 9.80 Å². The summed E-state index contributed by atoms with van der Waals surface area (Å²) in [6.07, 6.45) is 4.88. The van der Waals surface area contributed by atoms with Crippen molar-refractivity contribution < 1.29 is 9.59 Å². The average Bonchev–Trinajstić information content (AvgIpc) is 2.94. The van der Waals surface area contributed by atoms with Crippen molar-refractivity contribution in [2.75, 3.05) is 19.6 Å². The first-order chi connectivity index (χ1) is 9.85. The molecule has 0 radical (unpaired) electrons. The molecule has 0 aromatic carbocycles. The van der Waals surface area contributed by atoms with Gasteiger partial charge in [-0.25, -0.2) is 0 Å². The molecular formula is C17H32N2O2. The Kier molecular flexibility index (Phi) is 6.69. The molecule has 122 valence electrons. The first-order valence-electron chi connectivity index (χ1n) is 8.43. The Labute approximate surface area is 129 Å². The van der Waals surface area contributed by atoms with Crippen LogP contribution in [0.15, 0.2) is 0 Å². The molecule has 4 heteroatoms. The summed E-state index contributed by atoms with van der Waals surface area (Å²) >= 11 is 0. The van der Waals surface area contributed by atoms with Gasteiger partial charge in [-0.1, -0.05) is 27.2 Å². The van der Waals surface area contributed by atoms with Crippen LogP contribution in [0.4, 0.5) is 0 Å². The third-order valence-corrected chi connectivity index (χ3v) is 4.80. The average molecular weight is 296 g/mol. The molecule has 0 saturated carbocycles. The SMILES string of the molecule is CCC(=O)N1CCC(CC)C1.CCC(=O)N1CCC1(C)C. The van der Waals surface area contributed by atoms with Gasteiger partial charge in [0.1, 0.15) is 0 Å². The van der Waals surface area contributed by atoms with E-state index in [2.05, 4.69) is 20.8 Å². The van der Waals surface area contributed by atoms with Crippen LogP contribution >= 0.6 is 0 Å². The molecule has 0 bridgehead atoms. The van der Waals surface area contributed by atoms with E-state index in [1.54, 1.807) is 0 Å². The van der Waals surface area contributed by atoms with Gasteiger partial charge in [-0.2, -0.15) is 0 Å². The minimum atomic E-state index is 0.146. The molecule has 2 aliphatic rings. The first-order valence-corrected chi connectivity index (χ1v) is 8.43. The monoisotopic (exact) mass is 296 g/mol. The zero-order valence-corrected chi connectivity index (χ0v) is 14.4. The minimum absolute atomic E-state index is 0.146. The number of amides is 2. The van der Waals surface area contributed by atoms with Crippen molar-refractivity contribution in [2.45, 2.75) is 72.3 Å². The highest BCUT2D eigenvalue weighted by atomic mass is 16.2. The van der Waals surface area contributed by atoms with Gasteiger partial charge >= 0.3 is 0 Å². The summed E-state index contributed by atoms with van der Waals surface area (Å²) in [6.45, 7) is 13.2. The molecule has 0 spiro atoms. The van der Waals surface area contributed by atoms with E-state index in [0.717, 1.165) is 32.0 Å². The normalized spacial score (nSPS) is 23.2. The third kappa shape index (κ3) is 4.72. The second-order valence-electron chi connectivity index (χ2n) is 6.72. The van der Waals surface area contributed by atoms with Crippen molar-refractivity contribution in [3.8, 4) is 0 Å². The lowest BCUT2D eigenvalue weighted by molar-refractivity contribution is -0.144. The maximum absolute atomic E-state index is 11.2. The molecule has 2 saturated heterocycles. The first kappa shape index (κ1) is 18.0. The predicted octanol–water partition coefficient (Wildman–Crippen LogP) is 3.06. The molecular weight excluding hydrogens is 264 g/mol. The van der Waals surface area contributed by atoms with Gasteiger partial charge in [0.15, 0.2) is 0 Å². The minimum Gasteiger partial charge on any atom is -0.342 e.